The van der Waals surface area contributed by atoms with Gasteiger partial charge in [-0.15, -0.1) is 0 Å². The topological polar surface area (TPSA) is 46.6 Å². The fraction of sp³-hybridized carbons (Fsp3) is 0.579. The van der Waals surface area contributed by atoms with Gasteiger partial charge in [-0.1, -0.05) is 23.7 Å². The summed E-state index contributed by atoms with van der Waals surface area (Å²) < 4.78 is 42.5. The van der Waals surface area contributed by atoms with Crippen molar-refractivity contribution in [3.63, 3.8) is 0 Å². The highest BCUT2D eigenvalue weighted by atomic mass is 35.5. The summed E-state index contributed by atoms with van der Waals surface area (Å²) >= 11 is 6.02. The molecule has 0 aromatic heterocycles. The number of benzene rings is 1. The SMILES string of the molecule is CCOC(=O)C1(Cc2cccc(Cl)c2)CCCN(C(=O)CCC(F)(F)F)C1. The van der Waals surface area contributed by atoms with Gasteiger partial charge in [-0.3, -0.25) is 9.59 Å². The number of ether oxygens (including phenoxy) is 1. The molecule has 1 aliphatic heterocycles. The average molecular weight is 406 g/mol. The van der Waals surface area contributed by atoms with Gasteiger partial charge in [0, 0.05) is 24.5 Å². The Bertz CT molecular complexity index is 680. The molecular formula is C19H23ClF3NO3. The van der Waals surface area contributed by atoms with Crippen LogP contribution in [0.2, 0.25) is 5.02 Å². The Morgan fingerprint density at radius 2 is 2.07 bits per heavy atom. The summed E-state index contributed by atoms with van der Waals surface area (Å²) in [4.78, 5) is 26.4. The maximum absolute atomic E-state index is 12.7. The lowest BCUT2D eigenvalue weighted by molar-refractivity contribution is -0.163. The van der Waals surface area contributed by atoms with E-state index in [1.807, 2.05) is 6.07 Å². The van der Waals surface area contributed by atoms with Crippen molar-refractivity contribution < 1.29 is 27.5 Å². The molecule has 1 aliphatic rings. The first kappa shape index (κ1) is 21.5. The molecule has 2 rings (SSSR count). The van der Waals surface area contributed by atoms with Gasteiger partial charge in [-0.2, -0.15) is 13.2 Å². The van der Waals surface area contributed by atoms with E-state index in [1.165, 1.54) is 4.90 Å². The highest BCUT2D eigenvalue weighted by molar-refractivity contribution is 6.30. The van der Waals surface area contributed by atoms with Crippen LogP contribution in [0.3, 0.4) is 0 Å². The third-order valence-electron chi connectivity index (χ3n) is 4.69. The molecule has 0 radical (unpaired) electrons. The largest absolute Gasteiger partial charge is 0.466 e. The molecule has 1 heterocycles. The van der Waals surface area contributed by atoms with Crippen LogP contribution in [0.15, 0.2) is 24.3 Å². The highest BCUT2D eigenvalue weighted by Gasteiger charge is 2.45. The molecular weight excluding hydrogens is 383 g/mol. The smallest absolute Gasteiger partial charge is 0.389 e. The molecule has 1 aromatic carbocycles. The van der Waals surface area contributed by atoms with Crippen molar-refractivity contribution in [2.75, 3.05) is 19.7 Å². The van der Waals surface area contributed by atoms with Crippen LogP contribution in [0.4, 0.5) is 13.2 Å². The zero-order valence-corrected chi connectivity index (χ0v) is 15.9. The van der Waals surface area contributed by atoms with Gasteiger partial charge in [0.05, 0.1) is 18.4 Å². The number of alkyl halides is 3. The minimum atomic E-state index is -4.38. The van der Waals surface area contributed by atoms with Crippen molar-refractivity contribution >= 4 is 23.5 Å². The zero-order valence-electron chi connectivity index (χ0n) is 15.2. The number of esters is 1. The van der Waals surface area contributed by atoms with E-state index in [2.05, 4.69) is 0 Å². The third-order valence-corrected chi connectivity index (χ3v) is 4.93. The number of carbonyl (C=O) groups is 2. The lowest BCUT2D eigenvalue weighted by Gasteiger charge is -2.41. The summed E-state index contributed by atoms with van der Waals surface area (Å²) in [6.07, 6.45) is -4.82. The summed E-state index contributed by atoms with van der Waals surface area (Å²) in [6, 6.07) is 7.06. The van der Waals surface area contributed by atoms with Gasteiger partial charge in [-0.05, 0) is 43.9 Å². The molecule has 0 bridgehead atoms. The molecule has 1 amide bonds. The summed E-state index contributed by atoms with van der Waals surface area (Å²) in [7, 11) is 0. The Morgan fingerprint density at radius 3 is 2.70 bits per heavy atom. The predicted molar refractivity (Wildman–Crippen MR) is 95.3 cm³/mol. The molecule has 1 fully saturated rings. The van der Waals surface area contributed by atoms with Crippen LogP contribution in [0.1, 0.15) is 38.2 Å². The van der Waals surface area contributed by atoms with Gasteiger partial charge in [0.1, 0.15) is 0 Å². The van der Waals surface area contributed by atoms with Crippen LogP contribution in [0.25, 0.3) is 0 Å². The van der Waals surface area contributed by atoms with Crippen LogP contribution >= 0.6 is 11.6 Å². The van der Waals surface area contributed by atoms with Crippen molar-refractivity contribution in [3.05, 3.63) is 34.9 Å². The first-order valence-electron chi connectivity index (χ1n) is 8.91. The van der Waals surface area contributed by atoms with Crippen LogP contribution < -0.4 is 0 Å². The average Bonchev–Trinajstić information content (AvgIpc) is 2.59. The number of halogens is 4. The number of nitrogens with zero attached hydrogens (tertiary/aromatic N) is 1. The van der Waals surface area contributed by atoms with E-state index >= 15 is 0 Å². The van der Waals surface area contributed by atoms with Gasteiger partial charge in [0.2, 0.25) is 5.91 Å². The molecule has 27 heavy (non-hydrogen) atoms. The number of likely N-dealkylation sites (tertiary alicyclic amines) is 1. The van der Waals surface area contributed by atoms with Crippen molar-refractivity contribution in [3.8, 4) is 0 Å². The van der Waals surface area contributed by atoms with Crippen LogP contribution in [0, 0.1) is 5.41 Å². The molecule has 4 nitrogen and oxygen atoms in total. The molecule has 0 saturated carbocycles. The number of amides is 1. The van der Waals surface area contributed by atoms with Crippen molar-refractivity contribution in [1.29, 1.82) is 0 Å². The summed E-state index contributed by atoms with van der Waals surface area (Å²) in [5, 5.41) is 0.528. The van der Waals surface area contributed by atoms with Gasteiger partial charge in [-0.25, -0.2) is 0 Å². The molecule has 150 valence electrons. The standard InChI is InChI=1S/C19H23ClF3NO3/c1-2-27-17(26)18(12-14-5-3-6-15(20)11-14)8-4-10-24(13-18)16(25)7-9-19(21,22)23/h3,5-6,11H,2,4,7-10,12-13H2,1H3. The van der Waals surface area contributed by atoms with E-state index in [0.717, 1.165) is 5.56 Å². The minimum absolute atomic E-state index is 0.0506. The van der Waals surface area contributed by atoms with Crippen LogP contribution in [0.5, 0.6) is 0 Å². The molecule has 1 saturated heterocycles. The van der Waals surface area contributed by atoms with E-state index in [1.54, 1.807) is 25.1 Å². The van der Waals surface area contributed by atoms with E-state index < -0.39 is 36.3 Å². The normalized spacial score (nSPS) is 20.4. The Labute approximate surface area is 161 Å². The summed E-state index contributed by atoms with van der Waals surface area (Å²) in [5.74, 6) is -1.02. The lowest BCUT2D eigenvalue weighted by atomic mass is 9.75. The number of rotatable bonds is 6. The Hall–Kier alpha value is -1.76. The fourth-order valence-electron chi connectivity index (χ4n) is 3.46. The fourth-order valence-corrected chi connectivity index (χ4v) is 3.67. The number of hydrogen-bond acceptors (Lipinski definition) is 3. The van der Waals surface area contributed by atoms with Gasteiger partial charge >= 0.3 is 12.1 Å². The van der Waals surface area contributed by atoms with E-state index in [-0.39, 0.29) is 13.2 Å². The van der Waals surface area contributed by atoms with Gasteiger partial charge in [0.25, 0.3) is 0 Å². The second-order valence-electron chi connectivity index (χ2n) is 6.84. The second-order valence-corrected chi connectivity index (χ2v) is 7.28. The number of carbonyl (C=O) groups excluding carboxylic acids is 2. The number of hydrogen-bond donors (Lipinski definition) is 0. The molecule has 1 atom stereocenters. The number of piperidine rings is 1. The zero-order chi connectivity index (χ0) is 20.1. The Kier molecular flexibility index (Phi) is 7.14. The monoisotopic (exact) mass is 405 g/mol. The lowest BCUT2D eigenvalue weighted by Crippen LogP contribution is -2.51. The highest BCUT2D eigenvalue weighted by Crippen LogP contribution is 2.36. The quantitative estimate of drug-likeness (QED) is 0.659. The summed E-state index contributed by atoms with van der Waals surface area (Å²) in [5.41, 5.74) is -0.160. The van der Waals surface area contributed by atoms with E-state index in [0.29, 0.717) is 30.8 Å². The van der Waals surface area contributed by atoms with Gasteiger partial charge in [0.15, 0.2) is 0 Å². The molecule has 1 aromatic rings. The Morgan fingerprint density at radius 1 is 1.33 bits per heavy atom. The first-order valence-corrected chi connectivity index (χ1v) is 9.29. The van der Waals surface area contributed by atoms with E-state index in [9.17, 15) is 22.8 Å². The van der Waals surface area contributed by atoms with Gasteiger partial charge < -0.3 is 9.64 Å². The van der Waals surface area contributed by atoms with E-state index in [4.69, 9.17) is 16.3 Å². The molecule has 1 unspecified atom stereocenters. The third kappa shape index (κ3) is 6.13. The minimum Gasteiger partial charge on any atom is -0.466 e. The van der Waals surface area contributed by atoms with Crippen LogP contribution in [-0.4, -0.2) is 42.6 Å². The molecule has 0 spiro atoms. The van der Waals surface area contributed by atoms with Crippen molar-refractivity contribution in [2.24, 2.45) is 5.41 Å². The maximum Gasteiger partial charge on any atom is 0.389 e. The first-order chi connectivity index (χ1) is 12.6. The Balaban J connectivity index is 2.19. The van der Waals surface area contributed by atoms with Crippen LogP contribution in [-0.2, 0) is 20.7 Å². The summed E-state index contributed by atoms with van der Waals surface area (Å²) in [6.45, 7) is 2.28. The predicted octanol–water partition coefficient (Wildman–Crippen LogP) is 4.40. The van der Waals surface area contributed by atoms with Crippen molar-refractivity contribution in [2.45, 2.75) is 45.2 Å². The maximum atomic E-state index is 12.7. The van der Waals surface area contributed by atoms with Crippen molar-refractivity contribution in [1.82, 2.24) is 4.90 Å². The molecule has 0 N–H and O–H groups in total. The second kappa shape index (κ2) is 8.95. The molecule has 0 aliphatic carbocycles. The molecule has 8 heteroatoms.